The normalized spacial score (nSPS) is 16.4. The Morgan fingerprint density at radius 3 is 2.36 bits per heavy atom. The highest BCUT2D eigenvalue weighted by atomic mass is 127. The summed E-state index contributed by atoms with van der Waals surface area (Å²) in [5, 5.41) is 3.53. The van der Waals surface area contributed by atoms with Crippen LogP contribution in [-0.2, 0) is 13.0 Å². The number of hydrogen-bond acceptors (Lipinski definition) is 2. The molecule has 1 aliphatic heterocycles. The molecule has 1 heterocycles. The predicted octanol–water partition coefficient (Wildman–Crippen LogP) is 3.61. The van der Waals surface area contributed by atoms with Crippen molar-refractivity contribution < 1.29 is 0 Å². The summed E-state index contributed by atoms with van der Waals surface area (Å²) in [5.74, 6) is 1.85. The van der Waals surface area contributed by atoms with Crippen molar-refractivity contribution in [3.05, 3.63) is 35.4 Å². The summed E-state index contributed by atoms with van der Waals surface area (Å²) >= 11 is 0. The third-order valence-electron chi connectivity index (χ3n) is 5.10. The van der Waals surface area contributed by atoms with Gasteiger partial charge in [0.15, 0.2) is 5.96 Å². The molecule has 4 nitrogen and oxygen atoms in total. The molecule has 1 fully saturated rings. The molecule has 25 heavy (non-hydrogen) atoms. The summed E-state index contributed by atoms with van der Waals surface area (Å²) in [6.07, 6.45) is 5.00. The van der Waals surface area contributed by atoms with E-state index in [4.69, 9.17) is 0 Å². The van der Waals surface area contributed by atoms with E-state index < -0.39 is 0 Å². The van der Waals surface area contributed by atoms with E-state index in [9.17, 15) is 0 Å². The van der Waals surface area contributed by atoms with Crippen molar-refractivity contribution in [2.75, 3.05) is 40.8 Å². The molecule has 0 aliphatic carbocycles. The number of likely N-dealkylation sites (tertiary alicyclic amines) is 1. The quantitative estimate of drug-likeness (QED) is 0.402. The molecule has 142 valence electrons. The van der Waals surface area contributed by atoms with Crippen LogP contribution in [-0.4, -0.2) is 56.5 Å². The first-order chi connectivity index (χ1) is 11.6. The molecule has 1 aromatic rings. The third kappa shape index (κ3) is 7.52. The molecule has 0 radical (unpaired) electrons. The summed E-state index contributed by atoms with van der Waals surface area (Å²) in [6, 6.07) is 8.89. The van der Waals surface area contributed by atoms with Crippen LogP contribution in [0, 0.1) is 5.92 Å². The first-order valence-corrected chi connectivity index (χ1v) is 9.30. The maximum Gasteiger partial charge on any atom is 0.193 e. The molecule has 1 aromatic carbocycles. The zero-order chi connectivity index (χ0) is 17.4. The van der Waals surface area contributed by atoms with Crippen LogP contribution in [0.4, 0.5) is 0 Å². The van der Waals surface area contributed by atoms with Gasteiger partial charge in [0, 0.05) is 27.2 Å². The van der Waals surface area contributed by atoms with Crippen molar-refractivity contribution in [2.45, 2.75) is 39.2 Å². The average molecular weight is 458 g/mol. The Labute approximate surface area is 171 Å². The van der Waals surface area contributed by atoms with Crippen molar-refractivity contribution >= 4 is 29.9 Å². The fourth-order valence-electron chi connectivity index (χ4n) is 3.35. The van der Waals surface area contributed by atoms with Gasteiger partial charge in [-0.1, -0.05) is 31.2 Å². The summed E-state index contributed by atoms with van der Waals surface area (Å²) in [6.45, 7) is 6.58. The number of nitrogens with zero attached hydrogens (tertiary/aromatic N) is 3. The van der Waals surface area contributed by atoms with Gasteiger partial charge in [-0.3, -0.25) is 4.99 Å². The van der Waals surface area contributed by atoms with Crippen LogP contribution < -0.4 is 5.32 Å². The molecule has 2 rings (SSSR count). The van der Waals surface area contributed by atoms with Crippen LogP contribution >= 0.6 is 24.0 Å². The molecule has 0 spiro atoms. The van der Waals surface area contributed by atoms with Crippen LogP contribution in [0.25, 0.3) is 0 Å². The number of benzene rings is 1. The Morgan fingerprint density at radius 1 is 1.20 bits per heavy atom. The Morgan fingerprint density at radius 2 is 1.80 bits per heavy atom. The summed E-state index contributed by atoms with van der Waals surface area (Å²) in [5.41, 5.74) is 2.72. The minimum atomic E-state index is 0. The van der Waals surface area contributed by atoms with E-state index in [1.807, 2.05) is 7.05 Å². The molecule has 0 amide bonds. The van der Waals surface area contributed by atoms with Crippen molar-refractivity contribution in [3.63, 3.8) is 0 Å². The molecule has 5 heteroatoms. The molecule has 0 bridgehead atoms. The molecule has 1 aliphatic rings. The highest BCUT2D eigenvalue weighted by Gasteiger charge is 2.16. The molecule has 0 unspecified atom stereocenters. The van der Waals surface area contributed by atoms with Crippen molar-refractivity contribution in [1.82, 2.24) is 15.1 Å². The third-order valence-corrected chi connectivity index (χ3v) is 5.10. The van der Waals surface area contributed by atoms with Gasteiger partial charge in [-0.05, 0) is 62.9 Å². The zero-order valence-corrected chi connectivity index (χ0v) is 18.6. The van der Waals surface area contributed by atoms with Gasteiger partial charge in [0.2, 0.25) is 0 Å². The van der Waals surface area contributed by atoms with Gasteiger partial charge in [-0.2, -0.15) is 0 Å². The second kappa shape index (κ2) is 11.7. The van der Waals surface area contributed by atoms with Gasteiger partial charge in [-0.25, -0.2) is 0 Å². The van der Waals surface area contributed by atoms with E-state index in [-0.39, 0.29) is 24.0 Å². The largest absolute Gasteiger partial charge is 0.356 e. The van der Waals surface area contributed by atoms with Gasteiger partial charge in [0.25, 0.3) is 0 Å². The summed E-state index contributed by atoms with van der Waals surface area (Å²) in [4.78, 5) is 9.07. The van der Waals surface area contributed by atoms with E-state index in [0.29, 0.717) is 0 Å². The van der Waals surface area contributed by atoms with E-state index in [2.05, 4.69) is 65.4 Å². The van der Waals surface area contributed by atoms with Crippen LogP contribution in [0.15, 0.2) is 29.3 Å². The van der Waals surface area contributed by atoms with Crippen LogP contribution in [0.2, 0.25) is 0 Å². The van der Waals surface area contributed by atoms with Crippen molar-refractivity contribution in [1.29, 1.82) is 0 Å². The van der Waals surface area contributed by atoms with Gasteiger partial charge >= 0.3 is 0 Å². The number of aliphatic imine (C=N–C) groups is 1. The first-order valence-electron chi connectivity index (χ1n) is 9.30. The number of guanidine groups is 1. The average Bonchev–Trinajstić information content (AvgIpc) is 2.61. The van der Waals surface area contributed by atoms with Gasteiger partial charge in [0.05, 0.1) is 0 Å². The van der Waals surface area contributed by atoms with Crippen molar-refractivity contribution in [2.24, 2.45) is 10.9 Å². The van der Waals surface area contributed by atoms with Crippen LogP contribution in [0.3, 0.4) is 0 Å². The Balaban J connectivity index is 0.00000312. The highest BCUT2D eigenvalue weighted by Crippen LogP contribution is 2.18. The molecule has 0 saturated carbocycles. The molecule has 1 N–H and O–H groups in total. The summed E-state index contributed by atoms with van der Waals surface area (Å²) < 4.78 is 0. The lowest BCUT2D eigenvalue weighted by molar-refractivity contribution is 0.212. The van der Waals surface area contributed by atoms with Gasteiger partial charge in [-0.15, -0.1) is 24.0 Å². The fraction of sp³-hybridized carbons (Fsp3) is 0.650. The van der Waals surface area contributed by atoms with Gasteiger partial charge in [0.1, 0.15) is 0 Å². The highest BCUT2D eigenvalue weighted by molar-refractivity contribution is 14.0. The summed E-state index contributed by atoms with van der Waals surface area (Å²) in [7, 11) is 6.20. The second-order valence-electron chi connectivity index (χ2n) is 7.04. The molecular formula is C20H35IN4. The van der Waals surface area contributed by atoms with Crippen molar-refractivity contribution in [3.8, 4) is 0 Å². The minimum Gasteiger partial charge on any atom is -0.356 e. The number of rotatable bonds is 6. The SMILES string of the molecule is CCc1ccc(CN(C)C(=NC)NCCC2CCN(C)CC2)cc1.I. The predicted molar refractivity (Wildman–Crippen MR) is 119 cm³/mol. The molecular weight excluding hydrogens is 423 g/mol. The molecule has 0 aromatic heterocycles. The van der Waals surface area contributed by atoms with E-state index in [0.717, 1.165) is 31.4 Å². The number of aryl methyl sites for hydroxylation is 1. The first kappa shape index (κ1) is 22.2. The maximum absolute atomic E-state index is 4.44. The van der Waals surface area contributed by atoms with Crippen LogP contribution in [0.5, 0.6) is 0 Å². The lowest BCUT2D eigenvalue weighted by atomic mass is 9.94. The smallest absolute Gasteiger partial charge is 0.193 e. The number of nitrogens with one attached hydrogen (secondary N) is 1. The molecule has 1 saturated heterocycles. The minimum absolute atomic E-state index is 0. The maximum atomic E-state index is 4.44. The van der Waals surface area contributed by atoms with E-state index in [1.54, 1.807) is 0 Å². The number of piperidine rings is 1. The topological polar surface area (TPSA) is 30.9 Å². The van der Waals surface area contributed by atoms with E-state index >= 15 is 0 Å². The Kier molecular flexibility index (Phi) is 10.4. The van der Waals surface area contributed by atoms with Gasteiger partial charge < -0.3 is 15.1 Å². The standard InChI is InChI=1S/C20H34N4.HI/c1-5-17-6-8-19(9-7-17)16-24(4)20(21-2)22-13-10-18-11-14-23(3)15-12-18;/h6-9,18H,5,10-16H2,1-4H3,(H,21,22);1H. The molecule has 0 atom stereocenters. The Hall–Kier alpha value is -0.820. The zero-order valence-electron chi connectivity index (χ0n) is 16.3. The number of hydrogen-bond donors (Lipinski definition) is 1. The Bertz CT molecular complexity index is 507. The lowest BCUT2D eigenvalue weighted by Gasteiger charge is -2.29. The lowest BCUT2D eigenvalue weighted by Crippen LogP contribution is -2.40. The second-order valence-corrected chi connectivity index (χ2v) is 7.04. The van der Waals surface area contributed by atoms with Crippen LogP contribution in [0.1, 0.15) is 37.3 Å². The monoisotopic (exact) mass is 458 g/mol. The fourth-order valence-corrected chi connectivity index (χ4v) is 3.35. The number of halogens is 1. The van der Waals surface area contributed by atoms with E-state index in [1.165, 1.54) is 43.5 Å².